The van der Waals surface area contributed by atoms with E-state index in [0.29, 0.717) is 19.3 Å². The lowest BCUT2D eigenvalue weighted by Crippen LogP contribution is -2.00. The largest absolute Gasteiger partial charge is 0.481 e. The number of aryl methyl sites for hydroxylation is 1. The number of unbranched alkanes of at least 4 members (excludes halogenated alkanes) is 1. The second-order valence-corrected chi connectivity index (χ2v) is 6.18. The zero-order chi connectivity index (χ0) is 12.1. The lowest BCUT2D eigenvalue weighted by Gasteiger charge is -1.99. The maximum atomic E-state index is 11.8. The van der Waals surface area contributed by atoms with Crippen LogP contribution in [0.3, 0.4) is 0 Å². The molecule has 1 N–H and O–H groups in total. The Morgan fingerprint density at radius 1 is 1.38 bits per heavy atom. The first-order valence-electron chi connectivity index (χ1n) is 5.01. The number of hydrogen-bond donors (Lipinski definition) is 1. The number of carbonyl (C=O) groups is 2. The minimum atomic E-state index is -0.804. The van der Waals surface area contributed by atoms with Gasteiger partial charge < -0.3 is 5.11 Å². The van der Waals surface area contributed by atoms with Crippen LogP contribution in [-0.4, -0.2) is 16.9 Å². The second kappa shape index (κ2) is 6.15. The fourth-order valence-corrected chi connectivity index (χ4v) is 3.13. The van der Waals surface area contributed by atoms with Gasteiger partial charge in [0.2, 0.25) is 0 Å². The van der Waals surface area contributed by atoms with Gasteiger partial charge in [-0.3, -0.25) is 9.59 Å². The average molecular weight is 305 g/mol. The predicted molar refractivity (Wildman–Crippen MR) is 67.2 cm³/mol. The molecule has 88 valence electrons. The Morgan fingerprint density at radius 3 is 2.50 bits per heavy atom. The molecular weight excluding hydrogens is 292 g/mol. The molecule has 1 aromatic rings. The molecule has 0 aliphatic carbocycles. The molecule has 0 saturated heterocycles. The van der Waals surface area contributed by atoms with E-state index < -0.39 is 5.97 Å². The Bertz CT molecular complexity index is 398. The fraction of sp³-hybridized carbons (Fsp3) is 0.455. The maximum absolute atomic E-state index is 11.8. The van der Waals surface area contributed by atoms with Crippen LogP contribution in [0.5, 0.6) is 0 Å². The van der Waals surface area contributed by atoms with Crippen molar-refractivity contribution in [3.8, 4) is 0 Å². The molecule has 0 aromatic carbocycles. The molecule has 0 fully saturated rings. The van der Waals surface area contributed by atoms with Gasteiger partial charge in [-0.2, -0.15) is 0 Å². The summed E-state index contributed by atoms with van der Waals surface area (Å²) in [7, 11) is 0. The monoisotopic (exact) mass is 304 g/mol. The van der Waals surface area contributed by atoms with E-state index in [-0.39, 0.29) is 12.2 Å². The third-order valence-corrected chi connectivity index (χ3v) is 3.79. The van der Waals surface area contributed by atoms with E-state index in [4.69, 9.17) is 5.11 Å². The minimum absolute atomic E-state index is 0.102. The molecule has 3 nitrogen and oxygen atoms in total. The quantitative estimate of drug-likeness (QED) is 0.645. The lowest BCUT2D eigenvalue weighted by molar-refractivity contribution is -0.137. The molecule has 1 aromatic heterocycles. The summed E-state index contributed by atoms with van der Waals surface area (Å²) in [6, 6.07) is 1.83. The first-order valence-corrected chi connectivity index (χ1v) is 6.62. The van der Waals surface area contributed by atoms with Gasteiger partial charge in [0.1, 0.15) is 0 Å². The molecule has 0 saturated carbocycles. The number of hydrogen-bond acceptors (Lipinski definition) is 3. The second-order valence-electron chi connectivity index (χ2n) is 3.54. The van der Waals surface area contributed by atoms with Gasteiger partial charge in [0.05, 0.1) is 3.79 Å². The summed E-state index contributed by atoms with van der Waals surface area (Å²) in [5.41, 5.74) is 0.757. The summed E-state index contributed by atoms with van der Waals surface area (Å²) >= 11 is 4.88. The molecule has 0 bridgehead atoms. The van der Waals surface area contributed by atoms with Gasteiger partial charge in [-0.25, -0.2) is 0 Å². The number of rotatable bonds is 6. The van der Waals surface area contributed by atoms with Crippen LogP contribution in [-0.2, 0) is 4.79 Å². The Labute approximate surface area is 107 Å². The lowest BCUT2D eigenvalue weighted by atomic mass is 10.1. The van der Waals surface area contributed by atoms with Gasteiger partial charge in [0, 0.05) is 23.3 Å². The van der Waals surface area contributed by atoms with Gasteiger partial charge in [-0.05, 0) is 41.8 Å². The molecule has 0 amide bonds. The molecule has 5 heteroatoms. The highest BCUT2D eigenvalue weighted by atomic mass is 79.9. The van der Waals surface area contributed by atoms with Crippen molar-refractivity contribution in [3.05, 3.63) is 20.3 Å². The standard InChI is InChI=1S/C11H13BrO3S/c1-7-8(6-10(12)16-7)9(13)4-2-3-5-11(14)15/h6H,2-5H2,1H3,(H,14,15). The van der Waals surface area contributed by atoms with E-state index in [1.54, 1.807) is 11.3 Å². The van der Waals surface area contributed by atoms with Crippen LogP contribution in [0.25, 0.3) is 0 Å². The number of carboxylic acid groups (broad SMARTS) is 1. The van der Waals surface area contributed by atoms with Gasteiger partial charge in [0.15, 0.2) is 5.78 Å². The highest BCUT2D eigenvalue weighted by Crippen LogP contribution is 2.27. The van der Waals surface area contributed by atoms with Crippen LogP contribution < -0.4 is 0 Å². The number of thiophene rings is 1. The molecule has 0 atom stereocenters. The zero-order valence-corrected chi connectivity index (χ0v) is 11.4. The summed E-state index contributed by atoms with van der Waals surface area (Å²) in [6.45, 7) is 1.92. The smallest absolute Gasteiger partial charge is 0.303 e. The highest BCUT2D eigenvalue weighted by Gasteiger charge is 2.12. The minimum Gasteiger partial charge on any atom is -0.481 e. The van der Waals surface area contributed by atoms with Crippen molar-refractivity contribution in [1.29, 1.82) is 0 Å². The summed E-state index contributed by atoms with van der Waals surface area (Å²) < 4.78 is 0.957. The highest BCUT2D eigenvalue weighted by molar-refractivity contribution is 9.11. The van der Waals surface area contributed by atoms with Gasteiger partial charge in [-0.1, -0.05) is 0 Å². The number of ketones is 1. The third-order valence-electron chi connectivity index (χ3n) is 2.23. The molecular formula is C11H13BrO3S. The first kappa shape index (κ1) is 13.4. The number of Topliss-reactive ketones (excluding diaryl/α,β-unsaturated/α-hetero) is 1. The maximum Gasteiger partial charge on any atom is 0.303 e. The Kier molecular flexibility index (Phi) is 5.15. The summed E-state index contributed by atoms with van der Waals surface area (Å²) in [6.07, 6.45) is 1.76. The molecule has 16 heavy (non-hydrogen) atoms. The molecule has 0 spiro atoms. The van der Waals surface area contributed by atoms with Gasteiger partial charge in [-0.15, -0.1) is 11.3 Å². The number of halogens is 1. The summed E-state index contributed by atoms with van der Waals surface area (Å²) in [5, 5.41) is 8.45. The van der Waals surface area contributed by atoms with E-state index in [1.807, 2.05) is 13.0 Å². The van der Waals surface area contributed by atoms with Crippen molar-refractivity contribution in [1.82, 2.24) is 0 Å². The van der Waals surface area contributed by atoms with E-state index >= 15 is 0 Å². The topological polar surface area (TPSA) is 54.4 Å². The zero-order valence-electron chi connectivity index (χ0n) is 8.96. The molecule has 1 heterocycles. The number of carboxylic acids is 1. The van der Waals surface area contributed by atoms with Crippen molar-refractivity contribution >= 4 is 39.0 Å². The molecule has 0 unspecified atom stereocenters. The van der Waals surface area contributed by atoms with Crippen molar-refractivity contribution in [3.63, 3.8) is 0 Å². The average Bonchev–Trinajstić information content (AvgIpc) is 2.52. The normalized spacial score (nSPS) is 10.4. The Balaban J connectivity index is 2.41. The molecule has 0 radical (unpaired) electrons. The van der Waals surface area contributed by atoms with Crippen LogP contribution in [0.15, 0.2) is 9.85 Å². The Hall–Kier alpha value is -0.680. The van der Waals surface area contributed by atoms with Gasteiger partial charge >= 0.3 is 5.97 Å². The van der Waals surface area contributed by atoms with E-state index in [9.17, 15) is 9.59 Å². The molecule has 0 aliphatic rings. The van der Waals surface area contributed by atoms with Crippen LogP contribution in [0.2, 0.25) is 0 Å². The molecule has 1 rings (SSSR count). The van der Waals surface area contributed by atoms with E-state index in [1.165, 1.54) is 0 Å². The van der Waals surface area contributed by atoms with Crippen molar-refractivity contribution in [2.45, 2.75) is 32.6 Å². The van der Waals surface area contributed by atoms with Crippen LogP contribution in [0, 0.1) is 6.92 Å². The SMILES string of the molecule is Cc1sc(Br)cc1C(=O)CCCCC(=O)O. The predicted octanol–water partition coefficient (Wildman–Crippen LogP) is 3.65. The summed E-state index contributed by atoms with van der Waals surface area (Å²) in [4.78, 5) is 23.1. The fourth-order valence-electron chi connectivity index (χ4n) is 1.42. The molecule has 0 aliphatic heterocycles. The van der Waals surface area contributed by atoms with Crippen molar-refractivity contribution in [2.24, 2.45) is 0 Å². The van der Waals surface area contributed by atoms with Gasteiger partial charge in [0.25, 0.3) is 0 Å². The summed E-state index contributed by atoms with van der Waals surface area (Å²) in [5.74, 6) is -0.702. The van der Waals surface area contributed by atoms with Crippen molar-refractivity contribution < 1.29 is 14.7 Å². The number of aliphatic carboxylic acids is 1. The van der Waals surface area contributed by atoms with Crippen LogP contribution in [0.4, 0.5) is 0 Å². The number of carbonyl (C=O) groups excluding carboxylic acids is 1. The van der Waals surface area contributed by atoms with E-state index in [0.717, 1.165) is 14.2 Å². The van der Waals surface area contributed by atoms with E-state index in [2.05, 4.69) is 15.9 Å². The van der Waals surface area contributed by atoms with Crippen LogP contribution >= 0.6 is 27.3 Å². The first-order chi connectivity index (χ1) is 7.50. The third kappa shape index (κ3) is 4.06. The Morgan fingerprint density at radius 2 is 2.00 bits per heavy atom. The van der Waals surface area contributed by atoms with Crippen LogP contribution in [0.1, 0.15) is 40.9 Å². The van der Waals surface area contributed by atoms with Crippen molar-refractivity contribution in [2.75, 3.05) is 0 Å².